The minimum absolute atomic E-state index is 0.136. The maximum Gasteiger partial charge on any atom is 0.270 e. The number of furan rings is 1. The fourth-order valence-corrected chi connectivity index (χ4v) is 4.39. The molecule has 13 heteroatoms. The number of thiocarbonyl (C=S) groups is 1. The summed E-state index contributed by atoms with van der Waals surface area (Å²) in [6.45, 7) is -0.261. The highest BCUT2D eigenvalue weighted by Crippen LogP contribution is 2.35. The Morgan fingerprint density at radius 1 is 1.34 bits per heavy atom. The molecule has 0 atom stereocenters. The number of nitro groups is 1. The number of carbonyl (C=O) groups excluding carboxylic acids is 1. The van der Waals surface area contributed by atoms with Crippen molar-refractivity contribution in [3.8, 4) is 11.3 Å². The first-order chi connectivity index (χ1) is 13.5. The number of nitro benzene ring substituents is 1. The van der Waals surface area contributed by atoms with E-state index in [1.165, 1.54) is 24.3 Å². The van der Waals surface area contributed by atoms with Crippen molar-refractivity contribution in [3.05, 3.63) is 56.1 Å². The lowest BCUT2D eigenvalue weighted by Crippen LogP contribution is -2.32. The normalized spacial score (nSPS) is 16.1. The minimum Gasteiger partial charge on any atom is -0.457 e. The number of halogens is 1. The van der Waals surface area contributed by atoms with Gasteiger partial charge in [0.2, 0.25) is 0 Å². The Bertz CT molecular complexity index is 1160. The second kappa shape index (κ2) is 8.24. The van der Waals surface area contributed by atoms with Crippen LogP contribution in [0.2, 0.25) is 5.02 Å². The molecule has 1 N–H and O–H groups in total. The number of hydrogen-bond donors (Lipinski definition) is 1. The molecule has 0 radical (unpaired) electrons. The Morgan fingerprint density at radius 2 is 2.07 bits per heavy atom. The van der Waals surface area contributed by atoms with Crippen molar-refractivity contribution in [2.45, 2.75) is 0 Å². The van der Waals surface area contributed by atoms with Crippen molar-refractivity contribution in [2.75, 3.05) is 12.3 Å². The predicted molar refractivity (Wildman–Crippen MR) is 112 cm³/mol. The number of amides is 1. The van der Waals surface area contributed by atoms with Crippen LogP contribution in [0.4, 0.5) is 5.69 Å². The lowest BCUT2D eigenvalue weighted by Gasteiger charge is -2.12. The highest BCUT2D eigenvalue weighted by molar-refractivity contribution is 8.26. The maximum atomic E-state index is 12.4. The van der Waals surface area contributed by atoms with E-state index in [9.17, 15) is 23.3 Å². The highest BCUT2D eigenvalue weighted by Gasteiger charge is 2.32. The molecule has 2 aromatic rings. The van der Waals surface area contributed by atoms with Crippen LogP contribution in [0.3, 0.4) is 0 Å². The average Bonchev–Trinajstić information content (AvgIpc) is 3.17. The van der Waals surface area contributed by atoms with E-state index in [1.807, 2.05) is 0 Å². The third-order valence-corrected chi connectivity index (χ3v) is 6.16. The summed E-state index contributed by atoms with van der Waals surface area (Å²) in [5, 5.41) is 10.9. The average molecular weight is 475 g/mol. The van der Waals surface area contributed by atoms with Crippen LogP contribution in [0.25, 0.3) is 17.4 Å². The molecular weight excluding hydrogens is 464 g/mol. The summed E-state index contributed by atoms with van der Waals surface area (Å²) in [5.74, 6) is -0.478. The first-order valence-corrected chi connectivity index (χ1v) is 11.0. The quantitative estimate of drug-likeness (QED) is 0.219. The highest BCUT2D eigenvalue weighted by atomic mass is 35.5. The Kier molecular flexibility index (Phi) is 6.10. The van der Waals surface area contributed by atoms with Crippen LogP contribution in [0.15, 0.2) is 39.7 Å². The van der Waals surface area contributed by atoms with Crippen LogP contribution in [0.5, 0.6) is 0 Å². The van der Waals surface area contributed by atoms with Gasteiger partial charge in [0.1, 0.15) is 15.8 Å². The molecule has 1 amide bonds. The first-order valence-electron chi connectivity index (χ1n) is 7.80. The van der Waals surface area contributed by atoms with Gasteiger partial charge in [-0.15, -0.1) is 0 Å². The molecule has 0 spiro atoms. The van der Waals surface area contributed by atoms with Gasteiger partial charge in [-0.2, -0.15) is 8.42 Å². The van der Waals surface area contributed by atoms with Crippen molar-refractivity contribution in [1.82, 2.24) is 4.90 Å². The van der Waals surface area contributed by atoms with Crippen LogP contribution in [0, 0.1) is 10.1 Å². The summed E-state index contributed by atoms with van der Waals surface area (Å²) < 4.78 is 36.4. The number of nitrogens with zero attached hydrogens (tertiary/aromatic N) is 2. The number of carbonyl (C=O) groups is 1. The molecule has 0 aliphatic carbocycles. The van der Waals surface area contributed by atoms with Gasteiger partial charge < -0.3 is 4.42 Å². The molecule has 1 aromatic carbocycles. The van der Waals surface area contributed by atoms with Crippen molar-refractivity contribution in [1.29, 1.82) is 0 Å². The van der Waals surface area contributed by atoms with Gasteiger partial charge in [-0.25, -0.2) is 0 Å². The fourth-order valence-electron chi connectivity index (χ4n) is 2.42. The largest absolute Gasteiger partial charge is 0.457 e. The van der Waals surface area contributed by atoms with E-state index in [2.05, 4.69) is 0 Å². The Morgan fingerprint density at radius 3 is 2.69 bits per heavy atom. The predicted octanol–water partition coefficient (Wildman–Crippen LogP) is 3.60. The summed E-state index contributed by atoms with van der Waals surface area (Å²) in [6, 6.07) is 7.14. The SMILES string of the molecule is O=C1/C(=C/c2ccc(-c3ccc([N+](=O)[O-])cc3Cl)o2)SC(=S)N1CCS(=O)(=O)O. The summed E-state index contributed by atoms with van der Waals surface area (Å²) in [4.78, 5) is 24.0. The van der Waals surface area contributed by atoms with Crippen LogP contribution in [0.1, 0.15) is 5.76 Å². The smallest absolute Gasteiger partial charge is 0.270 e. The van der Waals surface area contributed by atoms with Gasteiger partial charge in [-0.05, 0) is 18.2 Å². The number of rotatable bonds is 6. The maximum absolute atomic E-state index is 12.4. The van der Waals surface area contributed by atoms with Gasteiger partial charge in [0, 0.05) is 30.3 Å². The molecule has 3 rings (SSSR count). The van der Waals surface area contributed by atoms with Gasteiger partial charge in [0.05, 0.1) is 20.6 Å². The molecule has 1 fully saturated rings. The fraction of sp³-hybridized carbons (Fsp3) is 0.125. The van der Waals surface area contributed by atoms with E-state index in [1.54, 1.807) is 12.1 Å². The Hall–Kier alpha value is -2.25. The monoisotopic (exact) mass is 474 g/mol. The van der Waals surface area contributed by atoms with Crippen LogP contribution in [-0.2, 0) is 14.9 Å². The molecule has 1 aromatic heterocycles. The molecule has 1 aliphatic heterocycles. The standard InChI is InChI=1S/C16H11ClN2O7S3/c17-12-7-9(19(21)22)1-3-11(12)13-4-2-10(26-13)8-14-15(20)18(16(27)28-14)5-6-29(23,24)25/h1-4,7-8H,5-6H2,(H,23,24,25)/b14-8-. The van der Waals surface area contributed by atoms with Crippen molar-refractivity contribution in [2.24, 2.45) is 0 Å². The van der Waals surface area contributed by atoms with Crippen LogP contribution in [-0.4, -0.2) is 45.3 Å². The second-order valence-electron chi connectivity index (χ2n) is 5.74. The summed E-state index contributed by atoms with van der Waals surface area (Å²) in [7, 11) is -4.23. The van der Waals surface area contributed by atoms with Gasteiger partial charge in [-0.3, -0.25) is 24.4 Å². The van der Waals surface area contributed by atoms with Gasteiger partial charge in [0.15, 0.2) is 0 Å². The van der Waals surface area contributed by atoms with Crippen LogP contribution < -0.4 is 0 Å². The molecule has 1 saturated heterocycles. The molecule has 29 heavy (non-hydrogen) atoms. The first kappa shape index (κ1) is 21.5. The number of non-ortho nitro benzene ring substituents is 1. The molecule has 2 heterocycles. The van der Waals surface area contributed by atoms with E-state index in [-0.39, 0.29) is 26.5 Å². The summed E-state index contributed by atoms with van der Waals surface area (Å²) in [5.41, 5.74) is 0.289. The Labute approximate surface area is 179 Å². The zero-order valence-corrected chi connectivity index (χ0v) is 17.5. The summed E-state index contributed by atoms with van der Waals surface area (Å²) in [6.07, 6.45) is 1.44. The molecule has 1 aliphatic rings. The van der Waals surface area contributed by atoms with Gasteiger partial charge >= 0.3 is 0 Å². The lowest BCUT2D eigenvalue weighted by molar-refractivity contribution is -0.384. The van der Waals surface area contributed by atoms with E-state index in [4.69, 9.17) is 32.8 Å². The molecule has 0 unspecified atom stereocenters. The molecule has 9 nitrogen and oxygen atoms in total. The van der Waals surface area contributed by atoms with E-state index >= 15 is 0 Å². The summed E-state index contributed by atoms with van der Waals surface area (Å²) >= 11 is 12.1. The van der Waals surface area contributed by atoms with Gasteiger partial charge in [0.25, 0.3) is 21.7 Å². The third-order valence-electron chi connectivity index (χ3n) is 3.78. The number of benzene rings is 1. The van der Waals surface area contributed by atoms with Crippen molar-refractivity contribution < 1.29 is 27.1 Å². The van der Waals surface area contributed by atoms with Crippen LogP contribution >= 0.6 is 35.6 Å². The minimum atomic E-state index is -4.23. The topological polar surface area (TPSA) is 131 Å². The molecule has 152 valence electrons. The molecular formula is C16H11ClN2O7S3. The van der Waals surface area contributed by atoms with Gasteiger partial charge in [-0.1, -0.05) is 35.6 Å². The zero-order valence-electron chi connectivity index (χ0n) is 14.3. The third kappa shape index (κ3) is 5.03. The van der Waals surface area contributed by atoms with Crippen molar-refractivity contribution >= 4 is 67.7 Å². The van der Waals surface area contributed by atoms with E-state index in [0.717, 1.165) is 16.7 Å². The zero-order chi connectivity index (χ0) is 21.3. The van der Waals surface area contributed by atoms with Crippen molar-refractivity contribution in [3.63, 3.8) is 0 Å². The number of thioether (sulfide) groups is 1. The molecule has 0 bridgehead atoms. The van der Waals surface area contributed by atoms with E-state index < -0.39 is 26.7 Å². The number of hydrogen-bond acceptors (Lipinski definition) is 8. The van der Waals surface area contributed by atoms with E-state index in [0.29, 0.717) is 17.1 Å². The second-order valence-corrected chi connectivity index (χ2v) is 9.40. The Balaban J connectivity index is 1.81. The lowest BCUT2D eigenvalue weighted by atomic mass is 10.1. The molecule has 0 saturated carbocycles.